The summed E-state index contributed by atoms with van der Waals surface area (Å²) in [5.74, 6) is 1.51. The molecular weight excluding hydrogens is 598 g/mol. The average Bonchev–Trinajstić information content (AvgIpc) is 3.74. The van der Waals surface area contributed by atoms with Crippen molar-refractivity contribution in [3.05, 3.63) is 83.1 Å². The minimum atomic E-state index is -0.722. The van der Waals surface area contributed by atoms with Crippen molar-refractivity contribution >= 4 is 27.5 Å². The molecule has 0 spiro atoms. The largest absolute Gasteiger partial charge is 0.508 e. The van der Waals surface area contributed by atoms with E-state index in [1.807, 2.05) is 0 Å². The van der Waals surface area contributed by atoms with E-state index in [2.05, 4.69) is 55.3 Å². The van der Waals surface area contributed by atoms with Crippen molar-refractivity contribution in [3.63, 3.8) is 0 Å². The number of rotatable bonds is 5. The zero-order chi connectivity index (χ0) is 31.9. The molecule has 0 radical (unpaired) electrons. The van der Waals surface area contributed by atoms with Crippen molar-refractivity contribution in [1.29, 1.82) is 0 Å². The van der Waals surface area contributed by atoms with E-state index in [-0.39, 0.29) is 39.6 Å². The van der Waals surface area contributed by atoms with Crippen molar-refractivity contribution in [1.82, 2.24) is 25.2 Å². The van der Waals surface area contributed by atoms with Crippen LogP contribution in [0.25, 0.3) is 32.9 Å². The third-order valence-electron chi connectivity index (χ3n) is 10.6. The van der Waals surface area contributed by atoms with Crippen molar-refractivity contribution in [3.8, 4) is 35.4 Å². The van der Waals surface area contributed by atoms with Gasteiger partial charge in [-0.15, -0.1) is 6.42 Å². The molecule has 3 aromatic carbocycles. The van der Waals surface area contributed by atoms with Gasteiger partial charge in [-0.1, -0.05) is 36.3 Å². The first kappa shape index (κ1) is 28.4. The first-order valence-corrected chi connectivity index (χ1v) is 16.2. The molecule has 4 aliphatic rings. The predicted octanol–water partition coefficient (Wildman–Crippen LogP) is 5.63. The van der Waals surface area contributed by atoms with E-state index < -0.39 is 11.6 Å². The Hall–Kier alpha value is -4.85. The van der Waals surface area contributed by atoms with E-state index in [9.17, 15) is 9.50 Å². The Morgan fingerprint density at radius 1 is 1.09 bits per heavy atom. The van der Waals surface area contributed by atoms with Gasteiger partial charge in [-0.3, -0.25) is 9.88 Å². The summed E-state index contributed by atoms with van der Waals surface area (Å²) in [4.78, 5) is 18.8. The van der Waals surface area contributed by atoms with Gasteiger partial charge >= 0.3 is 6.01 Å². The minimum Gasteiger partial charge on any atom is -0.508 e. The number of nitrogens with zero attached hydrogens (tertiary/aromatic N) is 5. The van der Waals surface area contributed by atoms with E-state index in [1.165, 1.54) is 35.4 Å². The van der Waals surface area contributed by atoms with Gasteiger partial charge in [-0.05, 0) is 66.9 Å². The van der Waals surface area contributed by atoms with Gasteiger partial charge in [0.05, 0.1) is 16.5 Å². The molecule has 0 saturated carbocycles. The smallest absolute Gasteiger partial charge is 0.319 e. The highest BCUT2D eigenvalue weighted by atomic mass is 19.1. The topological polar surface area (TPSA) is 86.6 Å². The molecule has 10 heteroatoms. The zero-order valence-corrected chi connectivity index (χ0v) is 25.6. The quantitative estimate of drug-likeness (QED) is 0.242. The molecule has 3 atom stereocenters. The summed E-state index contributed by atoms with van der Waals surface area (Å²) in [7, 11) is 0. The van der Waals surface area contributed by atoms with Gasteiger partial charge in [-0.2, -0.15) is 9.97 Å². The lowest BCUT2D eigenvalue weighted by atomic mass is 9.89. The fraction of sp³-hybridized carbons (Fsp3) is 0.324. The monoisotopic (exact) mass is 630 g/mol. The molecule has 236 valence electrons. The maximum Gasteiger partial charge on any atom is 0.319 e. The van der Waals surface area contributed by atoms with Gasteiger partial charge in [-0.25, -0.2) is 8.78 Å². The highest BCUT2D eigenvalue weighted by molar-refractivity contribution is 6.03. The Balaban J connectivity index is 1.20. The summed E-state index contributed by atoms with van der Waals surface area (Å²) in [6.07, 6.45) is 11.4. The van der Waals surface area contributed by atoms with Gasteiger partial charge in [0.2, 0.25) is 0 Å². The number of hydrogen-bond acceptors (Lipinski definition) is 8. The Kier molecular flexibility index (Phi) is 6.39. The molecule has 1 unspecified atom stereocenters. The van der Waals surface area contributed by atoms with Crippen molar-refractivity contribution in [2.75, 3.05) is 31.1 Å². The molecule has 0 amide bonds. The van der Waals surface area contributed by atoms with Crippen LogP contribution >= 0.6 is 0 Å². The molecule has 2 bridgehead atoms. The van der Waals surface area contributed by atoms with Gasteiger partial charge in [0.25, 0.3) is 0 Å². The Morgan fingerprint density at radius 2 is 1.91 bits per heavy atom. The highest BCUT2D eigenvalue weighted by Crippen LogP contribution is 2.47. The number of benzene rings is 3. The summed E-state index contributed by atoms with van der Waals surface area (Å²) < 4.78 is 38.3. The van der Waals surface area contributed by atoms with Crippen LogP contribution in [0.4, 0.5) is 14.6 Å². The average molecular weight is 631 g/mol. The van der Waals surface area contributed by atoms with E-state index in [0.717, 1.165) is 51.9 Å². The van der Waals surface area contributed by atoms with Crippen LogP contribution in [0.15, 0.2) is 54.7 Å². The van der Waals surface area contributed by atoms with E-state index in [0.29, 0.717) is 40.7 Å². The summed E-state index contributed by atoms with van der Waals surface area (Å²) in [6.45, 7) is 3.63. The van der Waals surface area contributed by atoms with Crippen LogP contribution in [0.2, 0.25) is 0 Å². The van der Waals surface area contributed by atoms with Gasteiger partial charge in [0.15, 0.2) is 5.82 Å². The maximum atomic E-state index is 16.9. The minimum absolute atomic E-state index is 0.0280. The Bertz CT molecular complexity index is 2140. The lowest BCUT2D eigenvalue weighted by Crippen LogP contribution is -2.51. The fourth-order valence-electron chi connectivity index (χ4n) is 8.45. The predicted molar refractivity (Wildman–Crippen MR) is 175 cm³/mol. The molecule has 8 nitrogen and oxygen atoms in total. The molecule has 5 aromatic rings. The molecule has 9 rings (SSSR count). The number of hydrogen-bond donors (Lipinski definition) is 2. The number of aromatic nitrogens is 3. The number of piperazine rings is 1. The molecule has 2 aromatic heterocycles. The lowest BCUT2D eigenvalue weighted by molar-refractivity contribution is 0.0826. The SMILES string of the molecule is C#Cc1c(F)ccc2cc(O)cc(-c3ncc4c(N5C[C@H]6CC[C@@H](C5)N6)nc(OCC56CCCN5Cc5ccccc56)nc4c3F)c12. The standard InChI is InChI=1S/C37H32F2N6O2/c1-2-26-30(38)11-8-21-14-25(46)15-27(31(21)26)33-32(39)34-28(16-40-33)35(44-18-23-9-10-24(19-44)41-23)43-36(42-34)47-20-37-12-5-13-45(37)17-22-6-3-4-7-29(22)37/h1,3-4,6-8,11,14-16,23-24,41,46H,5,9-10,12-13,17-20H2/t23-,24+,37?. The molecule has 3 saturated heterocycles. The number of halogens is 2. The first-order chi connectivity index (χ1) is 22.9. The molecule has 0 aliphatic carbocycles. The number of phenolic OH excluding ortho intramolecular Hbond substituents is 1. The number of phenols is 1. The van der Waals surface area contributed by atoms with Crippen molar-refractivity contribution in [2.45, 2.75) is 49.9 Å². The van der Waals surface area contributed by atoms with Crippen LogP contribution in [-0.2, 0) is 12.1 Å². The molecule has 2 N–H and O–H groups in total. The molecule has 3 fully saturated rings. The molecule has 4 aliphatic heterocycles. The van der Waals surface area contributed by atoms with Gasteiger partial charge in [0, 0.05) is 48.9 Å². The Labute approximate surface area is 270 Å². The van der Waals surface area contributed by atoms with Crippen LogP contribution in [0.3, 0.4) is 0 Å². The maximum absolute atomic E-state index is 16.9. The van der Waals surface area contributed by atoms with E-state index >= 15 is 4.39 Å². The highest BCUT2D eigenvalue weighted by Gasteiger charge is 2.49. The van der Waals surface area contributed by atoms with Crippen LogP contribution in [-0.4, -0.2) is 63.3 Å². The van der Waals surface area contributed by atoms with E-state index in [1.54, 1.807) is 6.20 Å². The second-order valence-electron chi connectivity index (χ2n) is 13.2. The van der Waals surface area contributed by atoms with Crippen LogP contribution in [0, 0.1) is 24.0 Å². The number of pyridine rings is 1. The number of fused-ring (bicyclic) bond motifs is 7. The number of ether oxygens (including phenoxy) is 1. The fourth-order valence-corrected chi connectivity index (χ4v) is 8.45. The summed E-state index contributed by atoms with van der Waals surface area (Å²) >= 11 is 0. The molecule has 6 heterocycles. The number of anilines is 1. The number of nitrogens with one attached hydrogen (secondary N) is 1. The van der Waals surface area contributed by atoms with Gasteiger partial charge < -0.3 is 20.1 Å². The summed E-state index contributed by atoms with van der Waals surface area (Å²) in [5.41, 5.74) is 2.38. The normalized spacial score (nSPS) is 23.3. The molecular formula is C37H32F2N6O2. The lowest BCUT2D eigenvalue weighted by Gasteiger charge is -2.35. The van der Waals surface area contributed by atoms with Gasteiger partial charge in [0.1, 0.15) is 35.2 Å². The summed E-state index contributed by atoms with van der Waals surface area (Å²) in [5, 5.41) is 15.4. The van der Waals surface area contributed by atoms with Crippen molar-refractivity contribution < 1.29 is 18.6 Å². The third kappa shape index (κ3) is 4.37. The zero-order valence-electron chi connectivity index (χ0n) is 25.6. The molecule has 47 heavy (non-hydrogen) atoms. The van der Waals surface area contributed by atoms with E-state index in [4.69, 9.17) is 16.1 Å². The van der Waals surface area contributed by atoms with Crippen LogP contribution in [0.5, 0.6) is 11.8 Å². The third-order valence-corrected chi connectivity index (χ3v) is 10.6. The first-order valence-electron chi connectivity index (χ1n) is 16.2. The Morgan fingerprint density at radius 3 is 2.74 bits per heavy atom. The van der Waals surface area contributed by atoms with Crippen molar-refractivity contribution in [2.24, 2.45) is 0 Å². The van der Waals surface area contributed by atoms with Crippen LogP contribution < -0.4 is 15.0 Å². The number of terminal acetylenes is 1. The second-order valence-corrected chi connectivity index (χ2v) is 13.2. The summed E-state index contributed by atoms with van der Waals surface area (Å²) in [6, 6.07) is 14.8. The van der Waals surface area contributed by atoms with Crippen LogP contribution in [0.1, 0.15) is 42.4 Å². The second kappa shape index (κ2) is 10.6. The number of aromatic hydroxyl groups is 1.